The van der Waals surface area contributed by atoms with E-state index in [-0.39, 0.29) is 28.4 Å². The van der Waals surface area contributed by atoms with Crippen LogP contribution in [0.4, 0.5) is 15.8 Å². The molecule has 1 aromatic heterocycles. The molecule has 0 aliphatic heterocycles. The first-order valence-electron chi connectivity index (χ1n) is 8.86. The van der Waals surface area contributed by atoms with Crippen molar-refractivity contribution in [2.75, 3.05) is 16.4 Å². The number of H-pyrrole nitrogens is 1. The molecule has 154 valence electrons. The van der Waals surface area contributed by atoms with E-state index in [0.29, 0.717) is 16.9 Å². The molecular formula is C20H18FN5O3S. The molecule has 0 aliphatic carbocycles. The summed E-state index contributed by atoms with van der Waals surface area (Å²) < 4.78 is 13.2. The molecule has 0 saturated heterocycles. The van der Waals surface area contributed by atoms with Crippen molar-refractivity contribution >= 4 is 35.0 Å². The summed E-state index contributed by atoms with van der Waals surface area (Å²) in [6, 6.07) is 10.7. The summed E-state index contributed by atoms with van der Waals surface area (Å²) >= 11 is 0.983. The predicted octanol–water partition coefficient (Wildman–Crippen LogP) is 2.97. The Morgan fingerprint density at radius 3 is 2.60 bits per heavy atom. The Morgan fingerprint density at radius 1 is 1.13 bits per heavy atom. The average Bonchev–Trinajstić information content (AvgIpc) is 2.68. The minimum atomic E-state index is -0.504. The molecule has 10 heteroatoms. The third kappa shape index (κ3) is 5.29. The minimum Gasteiger partial charge on any atom is -0.325 e. The van der Waals surface area contributed by atoms with Gasteiger partial charge in [0.05, 0.1) is 11.4 Å². The molecule has 0 radical (unpaired) electrons. The fourth-order valence-electron chi connectivity index (χ4n) is 2.67. The number of thioether (sulfide) groups is 1. The van der Waals surface area contributed by atoms with Crippen molar-refractivity contribution in [3.05, 3.63) is 64.2 Å². The average molecular weight is 427 g/mol. The number of nitrogens with zero attached hydrogens (tertiary/aromatic N) is 2. The molecule has 3 N–H and O–H groups in total. The van der Waals surface area contributed by atoms with Crippen LogP contribution in [0.15, 0.2) is 52.4 Å². The van der Waals surface area contributed by atoms with Crippen molar-refractivity contribution in [1.29, 1.82) is 0 Å². The lowest BCUT2D eigenvalue weighted by Crippen LogP contribution is -2.18. The number of para-hydroxylation sites is 1. The van der Waals surface area contributed by atoms with Gasteiger partial charge in [-0.2, -0.15) is 0 Å². The Bertz CT molecular complexity index is 1170. The van der Waals surface area contributed by atoms with Gasteiger partial charge in [-0.25, -0.2) is 4.39 Å². The van der Waals surface area contributed by atoms with Gasteiger partial charge in [0.1, 0.15) is 5.82 Å². The third-order valence-electron chi connectivity index (χ3n) is 3.95. The zero-order valence-corrected chi connectivity index (χ0v) is 17.0. The largest absolute Gasteiger partial charge is 0.325 e. The van der Waals surface area contributed by atoms with Gasteiger partial charge in [-0.15, -0.1) is 10.2 Å². The van der Waals surface area contributed by atoms with Gasteiger partial charge in [-0.3, -0.25) is 19.4 Å². The number of benzene rings is 2. The van der Waals surface area contributed by atoms with Gasteiger partial charge in [-0.1, -0.05) is 36.0 Å². The first-order valence-corrected chi connectivity index (χ1v) is 9.85. The summed E-state index contributed by atoms with van der Waals surface area (Å²) in [5.41, 5.74) is 1.59. The molecule has 0 spiro atoms. The van der Waals surface area contributed by atoms with E-state index in [1.165, 1.54) is 25.1 Å². The van der Waals surface area contributed by atoms with Crippen molar-refractivity contribution in [2.24, 2.45) is 0 Å². The molecule has 30 heavy (non-hydrogen) atoms. The van der Waals surface area contributed by atoms with Crippen LogP contribution in [-0.4, -0.2) is 32.7 Å². The first kappa shape index (κ1) is 21.2. The SMILES string of the molecule is CC(=O)Nc1c(C)cccc1-c1nnc(SCC(=O)Nc2cccc(F)c2)[nH]c1=O. The van der Waals surface area contributed by atoms with E-state index in [1.54, 1.807) is 31.2 Å². The Kier molecular flexibility index (Phi) is 6.58. The lowest BCUT2D eigenvalue weighted by molar-refractivity contribution is -0.114. The Morgan fingerprint density at radius 2 is 1.90 bits per heavy atom. The number of anilines is 2. The van der Waals surface area contributed by atoms with Crippen LogP contribution < -0.4 is 16.2 Å². The van der Waals surface area contributed by atoms with Crippen LogP contribution >= 0.6 is 11.8 Å². The highest BCUT2D eigenvalue weighted by Gasteiger charge is 2.15. The second-order valence-corrected chi connectivity index (χ2v) is 7.30. The summed E-state index contributed by atoms with van der Waals surface area (Å²) in [4.78, 5) is 38.6. The number of carbonyl (C=O) groups is 2. The van der Waals surface area contributed by atoms with E-state index < -0.39 is 11.4 Å². The molecule has 0 saturated carbocycles. The van der Waals surface area contributed by atoms with E-state index in [9.17, 15) is 18.8 Å². The fraction of sp³-hybridized carbons (Fsp3) is 0.150. The highest BCUT2D eigenvalue weighted by atomic mass is 32.2. The number of nitrogens with one attached hydrogen (secondary N) is 3. The fourth-order valence-corrected chi connectivity index (χ4v) is 3.27. The highest BCUT2D eigenvalue weighted by Crippen LogP contribution is 2.27. The topological polar surface area (TPSA) is 117 Å². The Balaban J connectivity index is 1.73. The summed E-state index contributed by atoms with van der Waals surface area (Å²) in [6.07, 6.45) is 0. The molecule has 0 fully saturated rings. The molecule has 0 atom stereocenters. The first-order chi connectivity index (χ1) is 14.3. The number of halogens is 1. The lowest BCUT2D eigenvalue weighted by Gasteiger charge is -2.11. The van der Waals surface area contributed by atoms with Gasteiger partial charge < -0.3 is 10.6 Å². The number of amides is 2. The van der Waals surface area contributed by atoms with Crippen LogP contribution in [0.3, 0.4) is 0 Å². The maximum Gasteiger partial charge on any atom is 0.278 e. The molecule has 0 unspecified atom stereocenters. The summed E-state index contributed by atoms with van der Waals surface area (Å²) in [5, 5.41) is 13.4. The highest BCUT2D eigenvalue weighted by molar-refractivity contribution is 7.99. The molecule has 0 bridgehead atoms. The van der Waals surface area contributed by atoms with Crippen molar-refractivity contribution in [3.8, 4) is 11.3 Å². The van der Waals surface area contributed by atoms with E-state index in [0.717, 1.165) is 17.3 Å². The molecule has 8 nitrogen and oxygen atoms in total. The van der Waals surface area contributed by atoms with Crippen molar-refractivity contribution in [2.45, 2.75) is 19.0 Å². The second-order valence-electron chi connectivity index (χ2n) is 6.33. The van der Waals surface area contributed by atoms with Gasteiger partial charge in [0.15, 0.2) is 10.9 Å². The molecule has 2 amide bonds. The molecule has 3 aromatic rings. The van der Waals surface area contributed by atoms with Crippen LogP contribution in [0.5, 0.6) is 0 Å². The van der Waals surface area contributed by atoms with Gasteiger partial charge in [0.25, 0.3) is 5.56 Å². The van der Waals surface area contributed by atoms with E-state index in [1.807, 2.05) is 0 Å². The number of aryl methyl sites for hydroxylation is 1. The summed E-state index contributed by atoms with van der Waals surface area (Å²) in [5.74, 6) is -1.17. The van der Waals surface area contributed by atoms with E-state index in [2.05, 4.69) is 25.8 Å². The van der Waals surface area contributed by atoms with Gasteiger partial charge >= 0.3 is 0 Å². The van der Waals surface area contributed by atoms with Crippen molar-refractivity contribution in [1.82, 2.24) is 15.2 Å². The van der Waals surface area contributed by atoms with Crippen LogP contribution in [0, 0.1) is 12.7 Å². The zero-order valence-electron chi connectivity index (χ0n) is 16.2. The smallest absolute Gasteiger partial charge is 0.278 e. The number of hydrogen-bond donors (Lipinski definition) is 3. The van der Waals surface area contributed by atoms with Gasteiger partial charge in [0, 0.05) is 18.2 Å². The number of rotatable bonds is 6. The number of hydrogen-bond acceptors (Lipinski definition) is 6. The number of carbonyl (C=O) groups excluding carboxylic acids is 2. The maximum absolute atomic E-state index is 13.2. The Labute approximate surface area is 175 Å². The van der Waals surface area contributed by atoms with E-state index in [4.69, 9.17) is 0 Å². The lowest BCUT2D eigenvalue weighted by atomic mass is 10.1. The van der Waals surface area contributed by atoms with Gasteiger partial charge in [-0.05, 0) is 30.7 Å². The van der Waals surface area contributed by atoms with Crippen LogP contribution in [0.1, 0.15) is 12.5 Å². The monoisotopic (exact) mass is 427 g/mol. The number of aromatic nitrogens is 3. The van der Waals surface area contributed by atoms with Crippen LogP contribution in [-0.2, 0) is 9.59 Å². The minimum absolute atomic E-state index is 0.0519. The summed E-state index contributed by atoms with van der Waals surface area (Å²) in [7, 11) is 0. The van der Waals surface area contributed by atoms with Crippen molar-refractivity contribution in [3.63, 3.8) is 0 Å². The normalized spacial score (nSPS) is 10.5. The molecule has 3 rings (SSSR count). The Hall–Kier alpha value is -3.53. The van der Waals surface area contributed by atoms with E-state index >= 15 is 0 Å². The van der Waals surface area contributed by atoms with Crippen molar-refractivity contribution < 1.29 is 14.0 Å². The standard InChI is InChI=1S/C20H18FN5O3S/c1-11-5-3-8-15(17(11)22-12(2)27)18-19(29)24-20(26-25-18)30-10-16(28)23-14-7-4-6-13(21)9-14/h3-9H,10H2,1-2H3,(H,22,27)(H,23,28)(H,24,26,29). The van der Waals surface area contributed by atoms with Crippen LogP contribution in [0.2, 0.25) is 0 Å². The quantitative estimate of drug-likeness (QED) is 0.521. The van der Waals surface area contributed by atoms with Crippen LogP contribution in [0.25, 0.3) is 11.3 Å². The van der Waals surface area contributed by atoms with Gasteiger partial charge in [0.2, 0.25) is 11.8 Å². The summed E-state index contributed by atoms with van der Waals surface area (Å²) in [6.45, 7) is 3.18. The predicted molar refractivity (Wildman–Crippen MR) is 113 cm³/mol. The molecule has 0 aliphatic rings. The number of aromatic amines is 1. The molecule has 1 heterocycles. The zero-order chi connectivity index (χ0) is 21.7. The second kappa shape index (κ2) is 9.31. The molecular weight excluding hydrogens is 409 g/mol. The third-order valence-corrected chi connectivity index (χ3v) is 4.82. The maximum atomic E-state index is 13.2. The molecule has 2 aromatic carbocycles.